The van der Waals surface area contributed by atoms with Gasteiger partial charge in [-0.2, -0.15) is 0 Å². The molecule has 1 heterocycles. The number of sulfone groups is 1. The summed E-state index contributed by atoms with van der Waals surface area (Å²) in [6, 6.07) is 6.07. The lowest BCUT2D eigenvalue weighted by Gasteiger charge is -2.13. The van der Waals surface area contributed by atoms with E-state index in [-0.39, 0.29) is 28.6 Å². The number of ether oxygens (including phenoxy) is 1. The molecule has 23 heavy (non-hydrogen) atoms. The molecular weight excluding hydrogens is 316 g/mol. The highest BCUT2D eigenvalue weighted by Crippen LogP contribution is 2.21. The third-order valence-electron chi connectivity index (χ3n) is 3.94. The predicted octanol–water partition coefficient (Wildman–Crippen LogP) is 2.42. The van der Waals surface area contributed by atoms with Gasteiger partial charge in [0.25, 0.3) is 0 Å². The molecule has 2 atom stereocenters. The second-order valence-electron chi connectivity index (χ2n) is 5.94. The number of urea groups is 1. The standard InChI is InChI=1S/C16H24N2O4S/c1-3-12(2)17-16(19)18-14-4-6-15(7-5-14)23(20,21)11-13-8-9-22-10-13/h4-7,12-13H,3,8-11H2,1-2H3,(H2,17,18,19)/t12-,13+/m0/s1. The van der Waals surface area contributed by atoms with Crippen LogP contribution in [-0.4, -0.2) is 39.5 Å². The number of anilines is 1. The fourth-order valence-electron chi connectivity index (χ4n) is 2.36. The first-order chi connectivity index (χ1) is 10.9. The van der Waals surface area contributed by atoms with Crippen LogP contribution in [0, 0.1) is 5.92 Å². The van der Waals surface area contributed by atoms with Gasteiger partial charge in [-0.25, -0.2) is 13.2 Å². The lowest BCUT2D eigenvalue weighted by molar-refractivity contribution is 0.188. The highest BCUT2D eigenvalue weighted by Gasteiger charge is 2.24. The smallest absolute Gasteiger partial charge is 0.319 e. The Morgan fingerprint density at radius 1 is 1.35 bits per heavy atom. The van der Waals surface area contributed by atoms with E-state index in [1.54, 1.807) is 12.1 Å². The average molecular weight is 340 g/mol. The van der Waals surface area contributed by atoms with Crippen molar-refractivity contribution in [1.82, 2.24) is 5.32 Å². The van der Waals surface area contributed by atoms with Crippen LogP contribution < -0.4 is 10.6 Å². The number of carbonyl (C=O) groups excluding carboxylic acids is 1. The Morgan fingerprint density at radius 2 is 2.04 bits per heavy atom. The van der Waals surface area contributed by atoms with Gasteiger partial charge in [-0.3, -0.25) is 0 Å². The van der Waals surface area contributed by atoms with Gasteiger partial charge >= 0.3 is 6.03 Å². The van der Waals surface area contributed by atoms with E-state index in [4.69, 9.17) is 4.74 Å². The Labute approximate surface area is 137 Å². The quantitative estimate of drug-likeness (QED) is 0.833. The van der Waals surface area contributed by atoms with Gasteiger partial charge in [-0.15, -0.1) is 0 Å². The van der Waals surface area contributed by atoms with E-state index in [0.29, 0.717) is 18.9 Å². The van der Waals surface area contributed by atoms with Gasteiger partial charge in [0.15, 0.2) is 9.84 Å². The highest BCUT2D eigenvalue weighted by molar-refractivity contribution is 7.91. The van der Waals surface area contributed by atoms with Crippen molar-refractivity contribution in [1.29, 1.82) is 0 Å². The second kappa shape index (κ2) is 7.79. The summed E-state index contributed by atoms with van der Waals surface area (Å²) in [5.74, 6) is 0.174. The highest BCUT2D eigenvalue weighted by atomic mass is 32.2. The van der Waals surface area contributed by atoms with Crippen molar-refractivity contribution in [3.05, 3.63) is 24.3 Å². The molecular formula is C16H24N2O4S. The van der Waals surface area contributed by atoms with E-state index in [0.717, 1.165) is 12.8 Å². The number of carbonyl (C=O) groups is 1. The monoisotopic (exact) mass is 340 g/mol. The minimum absolute atomic E-state index is 0.0686. The van der Waals surface area contributed by atoms with Gasteiger partial charge in [0.1, 0.15) is 0 Å². The van der Waals surface area contributed by atoms with Crippen LogP contribution in [0.4, 0.5) is 10.5 Å². The molecule has 1 aliphatic rings. The first-order valence-corrected chi connectivity index (χ1v) is 9.54. The maximum atomic E-state index is 12.4. The summed E-state index contributed by atoms with van der Waals surface area (Å²) >= 11 is 0. The van der Waals surface area contributed by atoms with Crippen LogP contribution in [0.15, 0.2) is 29.2 Å². The Hall–Kier alpha value is -1.60. The molecule has 1 fully saturated rings. The minimum atomic E-state index is -3.32. The summed E-state index contributed by atoms with van der Waals surface area (Å²) in [7, 11) is -3.32. The van der Waals surface area contributed by atoms with Gasteiger partial charge in [0, 0.05) is 18.3 Å². The van der Waals surface area contributed by atoms with E-state index in [1.807, 2.05) is 13.8 Å². The van der Waals surface area contributed by atoms with Gasteiger partial charge in [-0.1, -0.05) is 6.92 Å². The van der Waals surface area contributed by atoms with Crippen molar-refractivity contribution in [2.24, 2.45) is 5.92 Å². The first-order valence-electron chi connectivity index (χ1n) is 7.89. The molecule has 0 aromatic heterocycles. The van der Waals surface area contributed by atoms with Crippen molar-refractivity contribution in [2.45, 2.75) is 37.6 Å². The van der Waals surface area contributed by atoms with Crippen molar-refractivity contribution >= 4 is 21.6 Å². The van der Waals surface area contributed by atoms with Crippen LogP contribution in [-0.2, 0) is 14.6 Å². The summed E-state index contributed by atoms with van der Waals surface area (Å²) in [5, 5.41) is 5.48. The van der Waals surface area contributed by atoms with Crippen LogP contribution in [0.1, 0.15) is 26.7 Å². The number of rotatable bonds is 6. The molecule has 0 unspecified atom stereocenters. The number of amides is 2. The average Bonchev–Trinajstić information content (AvgIpc) is 2.99. The van der Waals surface area contributed by atoms with Crippen LogP contribution >= 0.6 is 0 Å². The largest absolute Gasteiger partial charge is 0.381 e. The lowest BCUT2D eigenvalue weighted by atomic mass is 10.2. The molecule has 128 valence electrons. The third-order valence-corrected chi connectivity index (χ3v) is 5.84. The number of benzene rings is 1. The van der Waals surface area contributed by atoms with Crippen molar-refractivity contribution in [3.63, 3.8) is 0 Å². The van der Waals surface area contributed by atoms with Gasteiger partial charge in [-0.05, 0) is 49.9 Å². The summed E-state index contributed by atoms with van der Waals surface area (Å²) in [6.45, 7) is 5.05. The van der Waals surface area contributed by atoms with Crippen LogP contribution in [0.2, 0.25) is 0 Å². The van der Waals surface area contributed by atoms with E-state index in [9.17, 15) is 13.2 Å². The van der Waals surface area contributed by atoms with E-state index in [1.165, 1.54) is 12.1 Å². The summed E-state index contributed by atoms with van der Waals surface area (Å²) < 4.78 is 29.9. The Balaban J connectivity index is 1.96. The summed E-state index contributed by atoms with van der Waals surface area (Å²) in [5.41, 5.74) is 0.564. The number of hydrogen-bond donors (Lipinski definition) is 2. The Kier molecular flexibility index (Phi) is 6.01. The van der Waals surface area contributed by atoms with Crippen molar-refractivity contribution in [3.8, 4) is 0 Å². The molecule has 0 aliphatic carbocycles. The van der Waals surface area contributed by atoms with Crippen LogP contribution in [0.3, 0.4) is 0 Å². The molecule has 2 amide bonds. The SMILES string of the molecule is CC[C@H](C)NC(=O)Nc1ccc(S(=O)(=O)C[C@@H]2CCOC2)cc1. The lowest BCUT2D eigenvalue weighted by Crippen LogP contribution is -2.35. The second-order valence-corrected chi connectivity index (χ2v) is 7.98. The normalized spacial score (nSPS) is 19.3. The molecule has 2 N–H and O–H groups in total. The van der Waals surface area contributed by atoms with Crippen molar-refractivity contribution < 1.29 is 17.9 Å². The fourth-order valence-corrected chi connectivity index (χ4v) is 3.99. The van der Waals surface area contributed by atoms with Crippen molar-refractivity contribution in [2.75, 3.05) is 24.3 Å². The maximum absolute atomic E-state index is 12.4. The molecule has 6 nitrogen and oxygen atoms in total. The zero-order chi connectivity index (χ0) is 16.9. The van der Waals surface area contributed by atoms with E-state index < -0.39 is 9.84 Å². The maximum Gasteiger partial charge on any atom is 0.319 e. The molecule has 1 aromatic rings. The van der Waals surface area contributed by atoms with Crippen LogP contribution in [0.25, 0.3) is 0 Å². The predicted molar refractivity (Wildman–Crippen MR) is 89.3 cm³/mol. The molecule has 2 rings (SSSR count). The van der Waals surface area contributed by atoms with Gasteiger partial charge in [0.2, 0.25) is 0 Å². The molecule has 7 heteroatoms. The topological polar surface area (TPSA) is 84.5 Å². The molecule has 0 spiro atoms. The van der Waals surface area contributed by atoms with E-state index >= 15 is 0 Å². The minimum Gasteiger partial charge on any atom is -0.381 e. The van der Waals surface area contributed by atoms with Gasteiger partial charge < -0.3 is 15.4 Å². The van der Waals surface area contributed by atoms with E-state index in [2.05, 4.69) is 10.6 Å². The Morgan fingerprint density at radius 3 is 2.61 bits per heavy atom. The fraction of sp³-hybridized carbons (Fsp3) is 0.562. The molecule has 0 saturated carbocycles. The molecule has 0 bridgehead atoms. The molecule has 0 radical (unpaired) electrons. The van der Waals surface area contributed by atoms with Gasteiger partial charge in [0.05, 0.1) is 17.3 Å². The summed E-state index contributed by atoms with van der Waals surface area (Å²) in [6.07, 6.45) is 1.63. The molecule has 1 aliphatic heterocycles. The molecule has 1 saturated heterocycles. The zero-order valence-corrected chi connectivity index (χ0v) is 14.4. The van der Waals surface area contributed by atoms with Crippen LogP contribution in [0.5, 0.6) is 0 Å². The first kappa shape index (κ1) is 17.7. The Bertz CT molecular complexity index is 622. The summed E-state index contributed by atoms with van der Waals surface area (Å²) in [4.78, 5) is 12.0. The number of hydrogen-bond acceptors (Lipinski definition) is 4. The third kappa shape index (κ3) is 5.21. The molecule has 1 aromatic carbocycles. The number of nitrogens with one attached hydrogen (secondary N) is 2. The zero-order valence-electron chi connectivity index (χ0n) is 13.5.